The largest absolute Gasteiger partial charge is 0.444 e. The van der Waals surface area contributed by atoms with Crippen LogP contribution in [0.1, 0.15) is 45.4 Å². The van der Waals surface area contributed by atoms with Gasteiger partial charge in [0.2, 0.25) is 0 Å². The van der Waals surface area contributed by atoms with Crippen LogP contribution in [-0.2, 0) is 4.74 Å². The van der Waals surface area contributed by atoms with Crippen molar-refractivity contribution >= 4 is 17.2 Å². The van der Waals surface area contributed by atoms with Crippen LogP contribution < -0.4 is 5.76 Å². The van der Waals surface area contributed by atoms with Gasteiger partial charge in [-0.25, -0.2) is 9.59 Å². The van der Waals surface area contributed by atoms with Crippen molar-refractivity contribution in [1.82, 2.24) is 20.0 Å². The molecule has 1 saturated heterocycles. The zero-order valence-corrected chi connectivity index (χ0v) is 16.0. The van der Waals surface area contributed by atoms with E-state index in [4.69, 9.17) is 13.7 Å². The fraction of sp³-hybridized carbons (Fsp3) is 0.474. The van der Waals surface area contributed by atoms with Gasteiger partial charge in [-0.3, -0.25) is 4.98 Å². The van der Waals surface area contributed by atoms with Gasteiger partial charge in [0.05, 0.1) is 5.52 Å². The summed E-state index contributed by atoms with van der Waals surface area (Å²) in [6, 6.07) is 5.19. The van der Waals surface area contributed by atoms with Crippen LogP contribution in [0.3, 0.4) is 0 Å². The number of ether oxygens (including phenoxy) is 1. The summed E-state index contributed by atoms with van der Waals surface area (Å²) in [5.74, 6) is 0.622. The van der Waals surface area contributed by atoms with Crippen molar-refractivity contribution in [2.24, 2.45) is 0 Å². The second-order valence-corrected chi connectivity index (χ2v) is 7.92. The number of nitrogens with one attached hydrogen (secondary N) is 1. The highest BCUT2D eigenvalue weighted by Crippen LogP contribution is 2.29. The molecule has 28 heavy (non-hydrogen) atoms. The van der Waals surface area contributed by atoms with Crippen LogP contribution in [0.15, 0.2) is 31.9 Å². The number of carbonyl (C=O) groups is 1. The average Bonchev–Trinajstić information content (AvgIpc) is 3.25. The number of aromatic nitrogens is 3. The molecule has 0 aliphatic carbocycles. The zero-order valence-electron chi connectivity index (χ0n) is 16.0. The van der Waals surface area contributed by atoms with E-state index in [-0.39, 0.29) is 12.0 Å². The molecule has 0 atom stereocenters. The Labute approximate surface area is 160 Å². The van der Waals surface area contributed by atoms with Crippen molar-refractivity contribution in [1.29, 1.82) is 0 Å². The molecule has 0 bridgehead atoms. The third kappa shape index (κ3) is 3.78. The summed E-state index contributed by atoms with van der Waals surface area (Å²) >= 11 is 0. The maximum atomic E-state index is 12.2. The Morgan fingerprint density at radius 3 is 2.75 bits per heavy atom. The molecular formula is C19H22N4O5. The van der Waals surface area contributed by atoms with Crippen molar-refractivity contribution in [3.8, 4) is 11.5 Å². The van der Waals surface area contributed by atoms with E-state index in [1.807, 2.05) is 20.8 Å². The number of fused-ring (bicyclic) bond motifs is 1. The highest BCUT2D eigenvalue weighted by molar-refractivity contribution is 5.77. The second-order valence-electron chi connectivity index (χ2n) is 7.92. The molecular weight excluding hydrogens is 364 g/mol. The highest BCUT2D eigenvalue weighted by Gasteiger charge is 2.29. The van der Waals surface area contributed by atoms with Crippen molar-refractivity contribution in [2.45, 2.75) is 45.1 Å². The average molecular weight is 386 g/mol. The fourth-order valence-corrected chi connectivity index (χ4v) is 3.25. The first kappa shape index (κ1) is 18.3. The molecule has 1 aliphatic rings. The summed E-state index contributed by atoms with van der Waals surface area (Å²) in [5, 5.41) is 4.11. The van der Waals surface area contributed by atoms with Gasteiger partial charge in [0.15, 0.2) is 11.4 Å². The van der Waals surface area contributed by atoms with Gasteiger partial charge in [0.1, 0.15) is 5.60 Å². The summed E-state index contributed by atoms with van der Waals surface area (Å²) < 4.78 is 15.8. The molecule has 4 rings (SSSR count). The summed E-state index contributed by atoms with van der Waals surface area (Å²) in [6.07, 6.45) is 1.20. The van der Waals surface area contributed by atoms with Gasteiger partial charge in [-0.1, -0.05) is 5.16 Å². The van der Waals surface area contributed by atoms with Gasteiger partial charge in [-0.05, 0) is 51.8 Å². The molecule has 1 aliphatic heterocycles. The van der Waals surface area contributed by atoms with Gasteiger partial charge in [-0.15, -0.1) is 0 Å². The number of hydrogen-bond acceptors (Lipinski definition) is 7. The van der Waals surface area contributed by atoms with Gasteiger partial charge < -0.3 is 18.6 Å². The van der Waals surface area contributed by atoms with Crippen LogP contribution in [0.5, 0.6) is 0 Å². The quantitative estimate of drug-likeness (QED) is 0.718. The molecule has 0 unspecified atom stereocenters. The van der Waals surface area contributed by atoms with Gasteiger partial charge in [0, 0.05) is 24.6 Å². The summed E-state index contributed by atoms with van der Waals surface area (Å²) in [7, 11) is 0. The second kappa shape index (κ2) is 6.81. The molecule has 0 radical (unpaired) electrons. The number of hydrogen-bond donors (Lipinski definition) is 1. The molecule has 1 amide bonds. The molecule has 9 nitrogen and oxygen atoms in total. The van der Waals surface area contributed by atoms with Crippen LogP contribution in [0.4, 0.5) is 4.79 Å². The van der Waals surface area contributed by atoms with Crippen molar-refractivity contribution in [3.05, 3.63) is 34.6 Å². The molecule has 0 saturated carbocycles. The molecule has 9 heteroatoms. The van der Waals surface area contributed by atoms with Crippen LogP contribution in [-0.4, -0.2) is 44.8 Å². The van der Waals surface area contributed by atoms with Crippen LogP contribution in [0, 0.1) is 0 Å². The predicted molar refractivity (Wildman–Crippen MR) is 99.9 cm³/mol. The Bertz CT molecular complexity index is 1050. The lowest BCUT2D eigenvalue weighted by Gasteiger charge is -2.32. The van der Waals surface area contributed by atoms with Gasteiger partial charge in [0.25, 0.3) is 5.89 Å². The maximum Gasteiger partial charge on any atom is 0.417 e. The van der Waals surface area contributed by atoms with E-state index in [0.29, 0.717) is 41.5 Å². The lowest BCUT2D eigenvalue weighted by atomic mass is 9.96. The first-order valence-corrected chi connectivity index (χ1v) is 9.23. The minimum absolute atomic E-state index is 0.119. The van der Waals surface area contributed by atoms with Crippen molar-refractivity contribution < 1.29 is 18.5 Å². The SMILES string of the molecule is CC(C)(C)OC(=O)N1CCC(c2noc(-c3ccc4oc(=O)[nH]c4c3)n2)CC1. The Morgan fingerprint density at radius 1 is 1.29 bits per heavy atom. The third-order valence-corrected chi connectivity index (χ3v) is 4.62. The molecule has 1 N–H and O–H groups in total. The van der Waals surface area contributed by atoms with E-state index in [9.17, 15) is 9.59 Å². The number of piperidine rings is 1. The van der Waals surface area contributed by atoms with E-state index in [1.54, 1.807) is 23.1 Å². The van der Waals surface area contributed by atoms with E-state index in [2.05, 4.69) is 15.1 Å². The number of benzene rings is 1. The highest BCUT2D eigenvalue weighted by atomic mass is 16.6. The van der Waals surface area contributed by atoms with E-state index in [1.165, 1.54) is 0 Å². The van der Waals surface area contributed by atoms with Gasteiger partial charge >= 0.3 is 11.8 Å². The van der Waals surface area contributed by atoms with E-state index >= 15 is 0 Å². The minimum Gasteiger partial charge on any atom is -0.444 e. The first-order valence-electron chi connectivity index (χ1n) is 9.23. The summed E-state index contributed by atoms with van der Waals surface area (Å²) in [4.78, 5) is 32.3. The topological polar surface area (TPSA) is 114 Å². The Balaban J connectivity index is 1.43. The molecule has 2 aromatic heterocycles. The normalized spacial score (nSPS) is 15.9. The smallest absolute Gasteiger partial charge is 0.417 e. The lowest BCUT2D eigenvalue weighted by Crippen LogP contribution is -2.41. The van der Waals surface area contributed by atoms with Crippen LogP contribution in [0.2, 0.25) is 0 Å². The molecule has 1 aromatic carbocycles. The van der Waals surface area contributed by atoms with Crippen LogP contribution in [0.25, 0.3) is 22.6 Å². The van der Waals surface area contributed by atoms with Crippen LogP contribution >= 0.6 is 0 Å². The van der Waals surface area contributed by atoms with Gasteiger partial charge in [-0.2, -0.15) is 4.98 Å². The Kier molecular flexibility index (Phi) is 4.44. The van der Waals surface area contributed by atoms with Crippen molar-refractivity contribution in [2.75, 3.05) is 13.1 Å². The summed E-state index contributed by atoms with van der Waals surface area (Å²) in [6.45, 7) is 6.75. The first-order chi connectivity index (χ1) is 13.3. The van der Waals surface area contributed by atoms with E-state index < -0.39 is 11.4 Å². The molecule has 1 fully saturated rings. The zero-order chi connectivity index (χ0) is 19.9. The predicted octanol–water partition coefficient (Wildman–Crippen LogP) is 3.29. The Hall–Kier alpha value is -3.10. The number of H-pyrrole nitrogens is 1. The third-order valence-electron chi connectivity index (χ3n) is 4.62. The van der Waals surface area contributed by atoms with Crippen molar-refractivity contribution in [3.63, 3.8) is 0 Å². The maximum absolute atomic E-state index is 12.2. The number of aromatic amines is 1. The number of oxazole rings is 1. The number of carbonyl (C=O) groups excluding carboxylic acids is 1. The number of rotatable bonds is 2. The molecule has 0 spiro atoms. The lowest BCUT2D eigenvalue weighted by molar-refractivity contribution is 0.0203. The monoisotopic (exact) mass is 386 g/mol. The number of likely N-dealkylation sites (tertiary alicyclic amines) is 1. The molecule has 3 heterocycles. The fourth-order valence-electron chi connectivity index (χ4n) is 3.25. The standard InChI is InChI=1S/C19H22N4O5/c1-19(2,3)27-18(25)23-8-6-11(7-9-23)15-21-16(28-22-15)12-4-5-14-13(10-12)20-17(24)26-14/h4-5,10-11H,6-9H2,1-3H3,(H,20,24). The number of amides is 1. The Morgan fingerprint density at radius 2 is 2.04 bits per heavy atom. The molecule has 148 valence electrons. The van der Waals surface area contributed by atoms with E-state index in [0.717, 1.165) is 12.8 Å². The minimum atomic E-state index is -0.505. The number of nitrogens with zero attached hydrogens (tertiary/aromatic N) is 3. The summed E-state index contributed by atoms with van der Waals surface area (Å²) in [5.41, 5.74) is 1.25. The molecule has 3 aromatic rings.